The molecule has 0 saturated carbocycles. The van der Waals surface area contributed by atoms with Crippen molar-refractivity contribution >= 4 is 28.1 Å². The summed E-state index contributed by atoms with van der Waals surface area (Å²) in [5.41, 5.74) is 2.08. The molecule has 3 rings (SSSR count). The molecule has 0 aliphatic carbocycles. The minimum atomic E-state index is -0.0707. The number of quaternary nitrogens is 1. The first-order valence-corrected chi connectivity index (χ1v) is 9.32. The second-order valence-electron chi connectivity index (χ2n) is 6.22. The lowest BCUT2D eigenvalue weighted by Crippen LogP contribution is -3.11. The third-order valence-corrected chi connectivity index (χ3v) is 5.36. The molecule has 0 radical (unpaired) electrons. The number of rotatable bonds is 6. The summed E-state index contributed by atoms with van der Waals surface area (Å²) in [6, 6.07) is 7.80. The second-order valence-corrected chi connectivity index (χ2v) is 7.08. The third-order valence-electron chi connectivity index (χ3n) is 4.55. The van der Waals surface area contributed by atoms with Crippen molar-refractivity contribution in [3.63, 3.8) is 0 Å². The van der Waals surface area contributed by atoms with E-state index in [9.17, 15) is 4.79 Å². The number of esters is 1. The molecule has 1 saturated heterocycles. The third kappa shape index (κ3) is 4.70. The molecule has 1 aliphatic rings. The summed E-state index contributed by atoms with van der Waals surface area (Å²) >= 11 is 1.61. The van der Waals surface area contributed by atoms with E-state index in [4.69, 9.17) is 9.47 Å². The standard InChI is InChI=1S/C18H23N3O3S/c1-23-16-5-3-14(4-6-16)19-18-20-15(12-25-18)11-21-9-7-13(8-10-21)17(22)24-2/h3-6,12-13H,7-11H2,1-2H3,(H,19,20)/p+1. The van der Waals surface area contributed by atoms with Crippen molar-refractivity contribution < 1.29 is 19.2 Å². The molecule has 0 amide bonds. The minimum absolute atomic E-state index is 0.0662. The highest BCUT2D eigenvalue weighted by atomic mass is 32.1. The van der Waals surface area contributed by atoms with Crippen LogP contribution >= 0.6 is 11.3 Å². The molecule has 0 spiro atoms. The molecule has 134 valence electrons. The largest absolute Gasteiger partial charge is 0.497 e. The fraction of sp³-hybridized carbons (Fsp3) is 0.444. The summed E-state index contributed by atoms with van der Waals surface area (Å²) in [5, 5.41) is 6.32. The number of aromatic nitrogens is 1. The zero-order chi connectivity index (χ0) is 17.6. The van der Waals surface area contributed by atoms with Crippen molar-refractivity contribution in [1.82, 2.24) is 4.98 Å². The molecule has 1 aromatic carbocycles. The van der Waals surface area contributed by atoms with Gasteiger partial charge in [-0.3, -0.25) is 4.79 Å². The van der Waals surface area contributed by atoms with Crippen LogP contribution in [0.5, 0.6) is 5.75 Å². The van der Waals surface area contributed by atoms with Gasteiger partial charge in [0.05, 0.1) is 33.2 Å². The SMILES string of the molecule is COC(=O)C1CC[NH+](Cc2csc(Nc3ccc(OC)cc3)n2)CC1. The summed E-state index contributed by atoms with van der Waals surface area (Å²) in [7, 11) is 3.13. The highest BCUT2D eigenvalue weighted by Crippen LogP contribution is 2.22. The Morgan fingerprint density at radius 1 is 1.28 bits per heavy atom. The number of thiazole rings is 1. The van der Waals surface area contributed by atoms with Crippen LogP contribution in [-0.2, 0) is 16.1 Å². The van der Waals surface area contributed by atoms with E-state index in [1.165, 1.54) is 12.0 Å². The average molecular weight is 362 g/mol. The molecule has 7 heteroatoms. The molecular formula is C18H24N3O3S+. The van der Waals surface area contributed by atoms with Crippen LogP contribution in [0.2, 0.25) is 0 Å². The number of piperidine rings is 1. The van der Waals surface area contributed by atoms with Crippen LogP contribution < -0.4 is 15.0 Å². The highest BCUT2D eigenvalue weighted by Gasteiger charge is 2.28. The number of ether oxygens (including phenoxy) is 2. The van der Waals surface area contributed by atoms with Gasteiger partial charge in [0.25, 0.3) is 0 Å². The topological polar surface area (TPSA) is 64.9 Å². The van der Waals surface area contributed by atoms with Crippen LogP contribution in [0.1, 0.15) is 18.5 Å². The van der Waals surface area contributed by atoms with Crippen LogP contribution in [-0.4, -0.2) is 38.3 Å². The summed E-state index contributed by atoms with van der Waals surface area (Å²) < 4.78 is 10.0. The van der Waals surface area contributed by atoms with E-state index in [0.717, 1.165) is 54.7 Å². The van der Waals surface area contributed by atoms with Crippen molar-refractivity contribution in [2.75, 3.05) is 32.6 Å². The van der Waals surface area contributed by atoms with Gasteiger partial charge in [0.1, 0.15) is 18.0 Å². The molecule has 0 bridgehead atoms. The molecule has 0 atom stereocenters. The second kappa shape index (κ2) is 8.31. The van der Waals surface area contributed by atoms with E-state index in [1.54, 1.807) is 18.4 Å². The van der Waals surface area contributed by atoms with E-state index in [1.807, 2.05) is 24.3 Å². The molecule has 1 aromatic heterocycles. The fourth-order valence-electron chi connectivity index (χ4n) is 3.10. The van der Waals surface area contributed by atoms with E-state index in [0.29, 0.717) is 0 Å². The zero-order valence-corrected chi connectivity index (χ0v) is 15.4. The van der Waals surface area contributed by atoms with Crippen LogP contribution in [0.4, 0.5) is 10.8 Å². The van der Waals surface area contributed by atoms with Gasteiger partial charge in [-0.1, -0.05) is 0 Å². The van der Waals surface area contributed by atoms with Gasteiger partial charge >= 0.3 is 5.97 Å². The van der Waals surface area contributed by atoms with E-state index >= 15 is 0 Å². The van der Waals surface area contributed by atoms with Crippen molar-refractivity contribution in [1.29, 1.82) is 0 Å². The number of benzene rings is 1. The summed E-state index contributed by atoms with van der Waals surface area (Å²) in [6.45, 7) is 2.87. The molecule has 6 nitrogen and oxygen atoms in total. The highest BCUT2D eigenvalue weighted by molar-refractivity contribution is 7.13. The molecule has 25 heavy (non-hydrogen) atoms. The van der Waals surface area contributed by atoms with E-state index in [-0.39, 0.29) is 11.9 Å². The Morgan fingerprint density at radius 3 is 2.64 bits per heavy atom. The van der Waals surface area contributed by atoms with Gasteiger partial charge in [-0.2, -0.15) is 0 Å². The lowest BCUT2D eigenvalue weighted by Gasteiger charge is -2.27. The maximum absolute atomic E-state index is 11.6. The Hall–Kier alpha value is -2.12. The summed E-state index contributed by atoms with van der Waals surface area (Å²) in [6.07, 6.45) is 1.78. The maximum atomic E-state index is 11.6. The molecule has 0 unspecified atom stereocenters. The van der Waals surface area contributed by atoms with Gasteiger partial charge in [0, 0.05) is 23.9 Å². The van der Waals surface area contributed by atoms with Crippen molar-refractivity contribution in [3.8, 4) is 5.75 Å². The van der Waals surface area contributed by atoms with Gasteiger partial charge in [-0.15, -0.1) is 11.3 Å². The Kier molecular flexibility index (Phi) is 5.88. The number of carbonyl (C=O) groups is 1. The normalized spacial score (nSPS) is 20.1. The first-order chi connectivity index (χ1) is 12.2. The van der Waals surface area contributed by atoms with Gasteiger partial charge in [-0.05, 0) is 24.3 Å². The number of hydrogen-bond donors (Lipinski definition) is 2. The quantitative estimate of drug-likeness (QED) is 0.768. The number of carbonyl (C=O) groups excluding carboxylic acids is 1. The van der Waals surface area contributed by atoms with Crippen molar-refractivity contribution in [2.45, 2.75) is 19.4 Å². The van der Waals surface area contributed by atoms with Crippen LogP contribution in [0.15, 0.2) is 29.6 Å². The van der Waals surface area contributed by atoms with Gasteiger partial charge in [-0.25, -0.2) is 4.98 Å². The molecule has 2 aromatic rings. The molecule has 2 N–H and O–H groups in total. The maximum Gasteiger partial charge on any atom is 0.309 e. The van der Waals surface area contributed by atoms with E-state index < -0.39 is 0 Å². The van der Waals surface area contributed by atoms with Crippen molar-refractivity contribution in [2.24, 2.45) is 5.92 Å². The average Bonchev–Trinajstić information content (AvgIpc) is 3.09. The number of nitrogens with one attached hydrogen (secondary N) is 2. The van der Waals surface area contributed by atoms with Crippen LogP contribution in [0.25, 0.3) is 0 Å². The Morgan fingerprint density at radius 2 is 2.00 bits per heavy atom. The Bertz CT molecular complexity index is 694. The predicted octanol–water partition coefficient (Wildman–Crippen LogP) is 1.86. The summed E-state index contributed by atoms with van der Waals surface area (Å²) in [5.74, 6) is 0.833. The smallest absolute Gasteiger partial charge is 0.309 e. The van der Waals surface area contributed by atoms with Crippen molar-refractivity contribution in [3.05, 3.63) is 35.3 Å². The predicted molar refractivity (Wildman–Crippen MR) is 97.5 cm³/mol. The van der Waals surface area contributed by atoms with Gasteiger partial charge in [0.2, 0.25) is 0 Å². The van der Waals surface area contributed by atoms with Gasteiger partial charge in [0.15, 0.2) is 5.13 Å². The molecule has 2 heterocycles. The van der Waals surface area contributed by atoms with Gasteiger partial charge < -0.3 is 19.7 Å². The number of hydrogen-bond acceptors (Lipinski definition) is 6. The fourth-order valence-corrected chi connectivity index (χ4v) is 3.84. The lowest BCUT2D eigenvalue weighted by atomic mass is 9.97. The first kappa shape index (κ1) is 17.7. The Balaban J connectivity index is 1.51. The molecule has 1 aliphatic heterocycles. The number of methoxy groups -OCH3 is 2. The zero-order valence-electron chi connectivity index (χ0n) is 14.6. The number of nitrogens with zero attached hydrogens (tertiary/aromatic N) is 1. The lowest BCUT2D eigenvalue weighted by molar-refractivity contribution is -0.919. The number of likely N-dealkylation sites (tertiary alicyclic amines) is 1. The van der Waals surface area contributed by atoms with Crippen LogP contribution in [0, 0.1) is 5.92 Å². The summed E-state index contributed by atoms with van der Waals surface area (Å²) in [4.78, 5) is 17.7. The number of anilines is 2. The monoisotopic (exact) mass is 362 g/mol. The molecule has 1 fully saturated rings. The molecular weight excluding hydrogens is 338 g/mol. The first-order valence-electron chi connectivity index (χ1n) is 8.45. The minimum Gasteiger partial charge on any atom is -0.497 e. The van der Waals surface area contributed by atoms with E-state index in [2.05, 4.69) is 15.7 Å². The Labute approximate surface area is 151 Å². The van der Waals surface area contributed by atoms with Crippen LogP contribution in [0.3, 0.4) is 0 Å².